The third kappa shape index (κ3) is 7.64. The Morgan fingerprint density at radius 1 is 1.00 bits per heavy atom. The lowest BCUT2D eigenvalue weighted by Gasteiger charge is -1.92. The largest absolute Gasteiger partial charge is 0.309 e. The average molecular weight is 174 g/mol. The molecule has 0 aromatic rings. The Hall–Kier alpha value is 1.64. The van der Waals surface area contributed by atoms with Crippen molar-refractivity contribution in [3.05, 3.63) is 0 Å². The van der Waals surface area contributed by atoms with Crippen LogP contribution in [0.15, 0.2) is 0 Å². The third-order valence-electron chi connectivity index (χ3n) is 0.381. The summed E-state index contributed by atoms with van der Waals surface area (Å²) in [4.78, 5) is 0. The summed E-state index contributed by atoms with van der Waals surface area (Å²) in [6, 6.07) is 0. The summed E-state index contributed by atoms with van der Waals surface area (Å²) in [5, 5.41) is 0. The molecule has 4 atom stereocenters. The monoisotopic (exact) mass is 174 g/mol. The highest BCUT2D eigenvalue weighted by atomic mass is 32.1. The molecule has 0 saturated heterocycles. The molecule has 0 radical (unpaired) electrons. The lowest BCUT2D eigenvalue weighted by atomic mass is 11.9. The van der Waals surface area contributed by atoms with Crippen LogP contribution in [0.25, 0.3) is 0 Å². The second kappa shape index (κ2) is 7.64. The van der Waals surface area contributed by atoms with Crippen LogP contribution >= 0.6 is 33.4 Å². The van der Waals surface area contributed by atoms with Gasteiger partial charge in [-0.25, -0.2) is 0 Å². The Labute approximate surface area is 51.0 Å². The van der Waals surface area contributed by atoms with E-state index in [2.05, 4.69) is 0 Å². The van der Waals surface area contributed by atoms with Crippen LogP contribution in [0, 0.1) is 0 Å². The van der Waals surface area contributed by atoms with E-state index in [1.807, 2.05) is 0 Å². The van der Waals surface area contributed by atoms with Gasteiger partial charge in [-0.05, 0) is 22.7 Å². The van der Waals surface area contributed by atoms with Gasteiger partial charge < -0.3 is 11.0 Å². The molecular weight excluding hydrogens is 164 g/mol. The van der Waals surface area contributed by atoms with Gasteiger partial charge in [-0.15, -0.1) is 0 Å². The minimum Gasteiger partial charge on any atom is -0.309 e. The van der Waals surface area contributed by atoms with Gasteiger partial charge in [0.1, 0.15) is 0 Å². The van der Waals surface area contributed by atoms with Crippen molar-refractivity contribution >= 4 is 33.4 Å². The molecule has 2 nitrogen and oxygen atoms in total. The summed E-state index contributed by atoms with van der Waals surface area (Å²) < 4.78 is 0. The van der Waals surface area contributed by atoms with Crippen LogP contribution in [-0.2, 0) is 0 Å². The smallest absolute Gasteiger partial charge is 0.00793 e. The van der Waals surface area contributed by atoms with Crippen LogP contribution in [0.3, 0.4) is 0 Å². The van der Waals surface area contributed by atoms with E-state index in [-0.39, 0.29) is 0 Å². The van der Waals surface area contributed by atoms with E-state index in [0.717, 1.165) is 16.5 Å². The van der Waals surface area contributed by atoms with Crippen LogP contribution in [0.2, 0.25) is 0 Å². The zero-order valence-corrected chi connectivity index (χ0v) is 7.86. The van der Waals surface area contributed by atoms with Crippen molar-refractivity contribution in [2.24, 2.45) is 11.0 Å². The number of hydrogen-bond donors (Lipinski definition) is 2. The lowest BCUT2D eigenvalue weighted by Crippen LogP contribution is -1.64. The van der Waals surface area contributed by atoms with Gasteiger partial charge in [-0.3, -0.25) is 0 Å². The molecule has 7 heavy (non-hydrogen) atoms. The first-order valence-electron chi connectivity index (χ1n) is 1.78. The van der Waals surface area contributed by atoms with E-state index >= 15 is 0 Å². The quantitative estimate of drug-likeness (QED) is 0.497. The molecule has 4 N–H and O–H groups in total. The first kappa shape index (κ1) is 8.64. The fourth-order valence-electron chi connectivity index (χ4n) is 0.146. The maximum absolute atomic E-state index is 5.28. The SMILES string of the molecule is NPPCPPN. The zero-order valence-electron chi connectivity index (χ0n) is 3.86. The minimum absolute atomic E-state index is 0.651. The van der Waals surface area contributed by atoms with Crippen molar-refractivity contribution in [3.8, 4) is 0 Å². The van der Waals surface area contributed by atoms with Crippen LogP contribution in [0.5, 0.6) is 0 Å². The normalized spacial score (nSPS) is 16.3. The van der Waals surface area contributed by atoms with E-state index in [9.17, 15) is 0 Å². The molecule has 0 heterocycles. The van der Waals surface area contributed by atoms with Gasteiger partial charge in [0.05, 0.1) is 0 Å². The molecule has 6 heteroatoms. The Kier molecular flexibility index (Phi) is 9.43. The lowest BCUT2D eigenvalue weighted by molar-refractivity contribution is 2.04. The highest BCUT2D eigenvalue weighted by molar-refractivity contribution is 8.20. The van der Waals surface area contributed by atoms with E-state index in [1.54, 1.807) is 0 Å². The van der Waals surface area contributed by atoms with Crippen LogP contribution in [0.1, 0.15) is 0 Å². The van der Waals surface area contributed by atoms with Gasteiger partial charge in [0, 0.05) is 0 Å². The van der Waals surface area contributed by atoms with Crippen LogP contribution in [0.4, 0.5) is 0 Å². The van der Waals surface area contributed by atoms with E-state index < -0.39 is 0 Å². The molecular formula is CH10N2P4. The van der Waals surface area contributed by atoms with Crippen molar-refractivity contribution in [1.29, 1.82) is 0 Å². The minimum atomic E-state index is 0.651. The molecule has 0 aliphatic heterocycles. The standard InChI is InChI=1S/CH10N2P4/c2-6-4-1-5-7-3/h4-7H,1-3H2. The summed E-state index contributed by atoms with van der Waals surface area (Å²) in [7, 11) is 3.24. The molecule has 0 amide bonds. The van der Waals surface area contributed by atoms with E-state index in [0.29, 0.717) is 16.8 Å². The Bertz CT molecular complexity index is 28.9. The van der Waals surface area contributed by atoms with Gasteiger partial charge >= 0.3 is 0 Å². The summed E-state index contributed by atoms with van der Waals surface area (Å²) in [6.07, 6.45) is 0. The molecule has 0 aliphatic rings. The Morgan fingerprint density at radius 2 is 1.43 bits per heavy atom. The van der Waals surface area contributed by atoms with E-state index in [1.165, 1.54) is 5.90 Å². The number of rotatable bonds is 4. The fourth-order valence-corrected chi connectivity index (χ4v) is 6.34. The molecule has 0 saturated carbocycles. The maximum Gasteiger partial charge on any atom is -0.00793 e. The predicted octanol–water partition coefficient (Wildman–Crippen LogP) is 1.24. The van der Waals surface area contributed by atoms with Crippen molar-refractivity contribution < 1.29 is 0 Å². The highest BCUT2D eigenvalue weighted by Crippen LogP contribution is 2.42. The summed E-state index contributed by atoms with van der Waals surface area (Å²) in [6.45, 7) is 0. The number of hydrogen-bond acceptors (Lipinski definition) is 2. The average Bonchev–Trinajstić information content (AvgIpc) is 1.69. The fraction of sp³-hybridized carbons (Fsp3) is 1.00. The summed E-state index contributed by atoms with van der Waals surface area (Å²) in [5.41, 5.74) is 10.6. The molecule has 0 aliphatic carbocycles. The highest BCUT2D eigenvalue weighted by Gasteiger charge is 1.79. The maximum atomic E-state index is 5.28. The Balaban J connectivity index is 2.45. The van der Waals surface area contributed by atoms with Crippen molar-refractivity contribution in [2.45, 2.75) is 0 Å². The zero-order chi connectivity index (χ0) is 5.54. The predicted molar refractivity (Wildman–Crippen MR) is 46.5 cm³/mol. The molecule has 4 unspecified atom stereocenters. The molecule has 0 spiro atoms. The topological polar surface area (TPSA) is 52.0 Å². The molecule has 0 aromatic heterocycles. The Morgan fingerprint density at radius 3 is 1.71 bits per heavy atom. The summed E-state index contributed by atoms with van der Waals surface area (Å²) >= 11 is 0. The molecule has 0 rings (SSSR count). The molecule has 44 valence electrons. The van der Waals surface area contributed by atoms with Gasteiger partial charge in [-0.2, -0.15) is 0 Å². The van der Waals surface area contributed by atoms with Crippen molar-refractivity contribution in [3.63, 3.8) is 0 Å². The van der Waals surface area contributed by atoms with Crippen LogP contribution in [-0.4, -0.2) is 5.90 Å². The number of nitrogens with two attached hydrogens (primary N) is 2. The second-order valence-corrected chi connectivity index (χ2v) is 7.37. The summed E-state index contributed by atoms with van der Waals surface area (Å²) in [5.74, 6) is 1.27. The van der Waals surface area contributed by atoms with E-state index in [4.69, 9.17) is 11.0 Å². The van der Waals surface area contributed by atoms with Crippen molar-refractivity contribution in [1.82, 2.24) is 0 Å². The molecule has 0 aromatic carbocycles. The molecule has 0 bridgehead atoms. The van der Waals surface area contributed by atoms with Gasteiger partial charge in [0.15, 0.2) is 0 Å². The molecule has 0 fully saturated rings. The van der Waals surface area contributed by atoms with Crippen LogP contribution < -0.4 is 11.0 Å². The van der Waals surface area contributed by atoms with Gasteiger partial charge in [-0.1, -0.05) is 16.5 Å². The first-order chi connectivity index (χ1) is 3.41. The first-order valence-corrected chi connectivity index (χ1v) is 8.35. The second-order valence-electron chi connectivity index (χ2n) is 0.819. The van der Waals surface area contributed by atoms with Gasteiger partial charge in [0.2, 0.25) is 0 Å². The third-order valence-corrected chi connectivity index (χ3v) is 6.61. The van der Waals surface area contributed by atoms with Gasteiger partial charge in [0.25, 0.3) is 0 Å². The van der Waals surface area contributed by atoms with Crippen molar-refractivity contribution in [2.75, 3.05) is 5.90 Å².